The molecule has 21 heavy (non-hydrogen) atoms. The average Bonchev–Trinajstić information content (AvgIpc) is 2.45. The van der Waals surface area contributed by atoms with Crippen LogP contribution in [0.4, 0.5) is 0 Å². The van der Waals surface area contributed by atoms with Crippen LogP contribution >= 0.6 is 23.2 Å². The zero-order valence-corrected chi connectivity index (χ0v) is 13.6. The van der Waals surface area contributed by atoms with E-state index >= 15 is 0 Å². The highest BCUT2D eigenvalue weighted by Crippen LogP contribution is 2.27. The lowest BCUT2D eigenvalue weighted by Crippen LogP contribution is -2.24. The molecule has 1 rings (SSSR count). The first kappa shape index (κ1) is 17.8. The van der Waals surface area contributed by atoms with Crippen molar-refractivity contribution in [2.24, 2.45) is 5.10 Å². The van der Waals surface area contributed by atoms with Crippen LogP contribution in [0, 0.1) is 0 Å². The van der Waals surface area contributed by atoms with Crippen LogP contribution in [-0.2, 0) is 4.79 Å². The van der Waals surface area contributed by atoms with Crippen LogP contribution in [0.1, 0.15) is 39.0 Å². The summed E-state index contributed by atoms with van der Waals surface area (Å²) in [7, 11) is 0. The number of unbranched alkanes of at least 4 members (excludes halogenated alkanes) is 4. The van der Waals surface area contributed by atoms with Crippen molar-refractivity contribution in [3.05, 3.63) is 28.2 Å². The largest absolute Gasteiger partial charge is 0.482 e. The Hall–Kier alpha value is -1.26. The van der Waals surface area contributed by atoms with Gasteiger partial charge in [0.25, 0.3) is 5.91 Å². The van der Waals surface area contributed by atoms with E-state index < -0.39 is 0 Å². The molecule has 0 aliphatic rings. The maximum absolute atomic E-state index is 11.5. The van der Waals surface area contributed by atoms with Crippen LogP contribution in [-0.4, -0.2) is 18.7 Å². The summed E-state index contributed by atoms with van der Waals surface area (Å²) in [5, 5.41) is 4.75. The van der Waals surface area contributed by atoms with E-state index in [0.717, 1.165) is 12.8 Å². The Morgan fingerprint density at radius 1 is 1.33 bits per heavy atom. The van der Waals surface area contributed by atoms with Crippen molar-refractivity contribution in [1.82, 2.24) is 5.43 Å². The second kappa shape index (κ2) is 10.5. The molecule has 0 spiro atoms. The molecule has 1 N–H and O–H groups in total. The third-order valence-corrected chi connectivity index (χ3v) is 3.25. The second-order valence-corrected chi connectivity index (χ2v) is 5.40. The van der Waals surface area contributed by atoms with Gasteiger partial charge in [-0.3, -0.25) is 4.79 Å². The number of carbonyl (C=O) groups excluding carboxylic acids is 1. The predicted molar refractivity (Wildman–Crippen MR) is 87.4 cm³/mol. The number of amides is 1. The van der Waals surface area contributed by atoms with Gasteiger partial charge in [0, 0.05) is 11.2 Å². The Morgan fingerprint density at radius 3 is 2.86 bits per heavy atom. The molecule has 0 aliphatic carbocycles. The summed E-state index contributed by atoms with van der Waals surface area (Å²) in [6, 6.07) is 4.83. The van der Waals surface area contributed by atoms with E-state index in [2.05, 4.69) is 17.5 Å². The monoisotopic (exact) mass is 330 g/mol. The minimum absolute atomic E-state index is 0.144. The number of ether oxygens (including phenoxy) is 1. The lowest BCUT2D eigenvalue weighted by Gasteiger charge is -2.06. The lowest BCUT2D eigenvalue weighted by molar-refractivity contribution is -0.123. The number of nitrogens with one attached hydrogen (secondary N) is 1. The summed E-state index contributed by atoms with van der Waals surface area (Å²) in [6.45, 7) is 2.02. The predicted octanol–water partition coefficient (Wildman–Crippen LogP) is 4.44. The highest BCUT2D eigenvalue weighted by Gasteiger charge is 2.05. The molecule has 0 aromatic heterocycles. The maximum Gasteiger partial charge on any atom is 0.277 e. The van der Waals surface area contributed by atoms with Gasteiger partial charge in [-0.1, -0.05) is 49.4 Å². The molecule has 4 nitrogen and oxygen atoms in total. The van der Waals surface area contributed by atoms with Gasteiger partial charge in [-0.2, -0.15) is 5.10 Å². The number of benzene rings is 1. The first-order chi connectivity index (χ1) is 10.1. The topological polar surface area (TPSA) is 50.7 Å². The van der Waals surface area contributed by atoms with Crippen molar-refractivity contribution < 1.29 is 9.53 Å². The van der Waals surface area contributed by atoms with Crippen molar-refractivity contribution in [2.45, 2.75) is 39.0 Å². The van der Waals surface area contributed by atoms with Crippen LogP contribution in [0.3, 0.4) is 0 Å². The summed E-state index contributed by atoms with van der Waals surface area (Å²) in [6.07, 6.45) is 7.29. The number of hydrogen-bond acceptors (Lipinski definition) is 3. The van der Waals surface area contributed by atoms with E-state index in [9.17, 15) is 4.79 Å². The number of nitrogens with zero attached hydrogens (tertiary/aromatic N) is 1. The minimum Gasteiger partial charge on any atom is -0.482 e. The molecule has 6 heteroatoms. The van der Waals surface area contributed by atoms with Gasteiger partial charge >= 0.3 is 0 Å². The molecule has 0 saturated heterocycles. The quantitative estimate of drug-likeness (QED) is 0.413. The molecule has 1 aromatic carbocycles. The zero-order chi connectivity index (χ0) is 15.5. The Labute approximate surface area is 135 Å². The van der Waals surface area contributed by atoms with Crippen molar-refractivity contribution in [3.8, 4) is 5.75 Å². The van der Waals surface area contributed by atoms with E-state index in [1.807, 2.05) is 0 Å². The number of rotatable bonds is 9. The zero-order valence-electron chi connectivity index (χ0n) is 12.1. The fourth-order valence-electron chi connectivity index (χ4n) is 1.61. The SMILES string of the molecule is CCCCCCC=NNC(=O)COc1ccc(Cl)cc1Cl. The normalized spacial score (nSPS) is 10.8. The highest BCUT2D eigenvalue weighted by atomic mass is 35.5. The summed E-state index contributed by atoms with van der Waals surface area (Å²) in [5.74, 6) is 0.0885. The van der Waals surface area contributed by atoms with E-state index in [-0.39, 0.29) is 12.5 Å². The minimum atomic E-state index is -0.328. The smallest absolute Gasteiger partial charge is 0.277 e. The van der Waals surface area contributed by atoms with Crippen LogP contribution in [0.5, 0.6) is 5.75 Å². The molecule has 0 heterocycles. The molecular weight excluding hydrogens is 311 g/mol. The van der Waals surface area contributed by atoms with Gasteiger partial charge in [0.1, 0.15) is 5.75 Å². The second-order valence-electron chi connectivity index (χ2n) is 4.56. The van der Waals surface area contributed by atoms with Gasteiger partial charge in [-0.25, -0.2) is 5.43 Å². The Bertz CT molecular complexity index is 479. The lowest BCUT2D eigenvalue weighted by atomic mass is 10.2. The van der Waals surface area contributed by atoms with Crippen molar-refractivity contribution >= 4 is 35.3 Å². The molecule has 0 atom stereocenters. The molecule has 116 valence electrons. The van der Waals surface area contributed by atoms with E-state index in [4.69, 9.17) is 27.9 Å². The molecule has 1 amide bonds. The summed E-state index contributed by atoms with van der Waals surface area (Å²) >= 11 is 11.7. The third kappa shape index (κ3) is 7.93. The standard InChI is InChI=1S/C15H20Cl2N2O2/c1-2-3-4-5-6-9-18-19-15(20)11-21-14-8-7-12(16)10-13(14)17/h7-10H,2-6,11H2,1H3,(H,19,20). The first-order valence-corrected chi connectivity index (χ1v) is 7.77. The molecule has 0 radical (unpaired) electrons. The van der Waals surface area contributed by atoms with Crippen molar-refractivity contribution in [2.75, 3.05) is 6.61 Å². The Balaban J connectivity index is 2.20. The molecule has 0 aliphatic heterocycles. The molecule has 0 fully saturated rings. The summed E-state index contributed by atoms with van der Waals surface area (Å²) in [5.41, 5.74) is 2.41. The van der Waals surface area contributed by atoms with Crippen LogP contribution < -0.4 is 10.2 Å². The molecular formula is C15H20Cl2N2O2. The van der Waals surface area contributed by atoms with Gasteiger partial charge in [0.15, 0.2) is 6.61 Å². The Kier molecular flexibility index (Phi) is 8.87. The fraction of sp³-hybridized carbons (Fsp3) is 0.467. The number of hydrogen-bond donors (Lipinski definition) is 1. The third-order valence-electron chi connectivity index (χ3n) is 2.72. The molecule has 0 unspecified atom stereocenters. The van der Waals surface area contributed by atoms with Gasteiger partial charge in [-0.15, -0.1) is 0 Å². The molecule has 0 bridgehead atoms. The number of carbonyl (C=O) groups is 1. The molecule has 0 saturated carbocycles. The van der Waals surface area contributed by atoms with Gasteiger partial charge in [0.05, 0.1) is 5.02 Å². The van der Waals surface area contributed by atoms with Crippen LogP contribution in [0.2, 0.25) is 10.0 Å². The number of hydrazone groups is 1. The van der Waals surface area contributed by atoms with Crippen LogP contribution in [0.15, 0.2) is 23.3 Å². The fourth-order valence-corrected chi connectivity index (χ4v) is 2.08. The van der Waals surface area contributed by atoms with Gasteiger partial charge < -0.3 is 4.74 Å². The summed E-state index contributed by atoms with van der Waals surface area (Å²) < 4.78 is 5.29. The maximum atomic E-state index is 11.5. The van der Waals surface area contributed by atoms with Crippen LogP contribution in [0.25, 0.3) is 0 Å². The van der Waals surface area contributed by atoms with Crippen molar-refractivity contribution in [3.63, 3.8) is 0 Å². The highest BCUT2D eigenvalue weighted by molar-refractivity contribution is 6.35. The Morgan fingerprint density at radius 2 is 2.14 bits per heavy atom. The van der Waals surface area contributed by atoms with Gasteiger partial charge in [-0.05, 0) is 31.0 Å². The average molecular weight is 331 g/mol. The molecule has 1 aromatic rings. The van der Waals surface area contributed by atoms with Gasteiger partial charge in [0.2, 0.25) is 0 Å². The summed E-state index contributed by atoms with van der Waals surface area (Å²) in [4.78, 5) is 11.5. The van der Waals surface area contributed by atoms with Crippen molar-refractivity contribution in [1.29, 1.82) is 0 Å². The number of halogens is 2. The first-order valence-electron chi connectivity index (χ1n) is 7.01. The van der Waals surface area contributed by atoms with E-state index in [1.54, 1.807) is 24.4 Å². The van der Waals surface area contributed by atoms with E-state index in [1.165, 1.54) is 19.3 Å². The van der Waals surface area contributed by atoms with E-state index in [0.29, 0.717) is 15.8 Å².